The van der Waals surface area contributed by atoms with Gasteiger partial charge in [0.2, 0.25) is 0 Å². The molecule has 0 heterocycles. The first-order chi connectivity index (χ1) is 9.59. The van der Waals surface area contributed by atoms with Gasteiger partial charge in [0.1, 0.15) is 0 Å². The van der Waals surface area contributed by atoms with E-state index in [-0.39, 0.29) is 17.6 Å². The Bertz CT molecular complexity index is 466. The molecule has 7 atom stereocenters. The lowest BCUT2D eigenvalue weighted by Crippen LogP contribution is -2.47. The summed E-state index contributed by atoms with van der Waals surface area (Å²) in [5, 5.41) is 20.2. The lowest BCUT2D eigenvalue weighted by Gasteiger charge is -2.52. The predicted octanol–water partition coefficient (Wildman–Crippen LogP) is 3.06. The normalized spacial score (nSPS) is 53.9. The Labute approximate surface area is 121 Å². The van der Waals surface area contributed by atoms with E-state index < -0.39 is 0 Å². The molecule has 0 aromatic carbocycles. The van der Waals surface area contributed by atoms with Gasteiger partial charge in [-0.25, -0.2) is 0 Å². The van der Waals surface area contributed by atoms with Crippen LogP contribution in [0.4, 0.5) is 0 Å². The quantitative estimate of drug-likeness (QED) is 0.667. The monoisotopic (exact) mass is 274 g/mol. The Kier molecular flexibility index (Phi) is 2.91. The van der Waals surface area contributed by atoms with Crippen LogP contribution < -0.4 is 0 Å². The van der Waals surface area contributed by atoms with E-state index in [0.717, 1.165) is 30.6 Å². The summed E-state index contributed by atoms with van der Waals surface area (Å²) in [7, 11) is 0. The van der Waals surface area contributed by atoms with Gasteiger partial charge < -0.3 is 10.2 Å². The van der Waals surface area contributed by atoms with Crippen LogP contribution in [0.15, 0.2) is 23.8 Å². The van der Waals surface area contributed by atoms with E-state index in [1.807, 2.05) is 6.08 Å². The van der Waals surface area contributed by atoms with Crippen LogP contribution >= 0.6 is 0 Å². The van der Waals surface area contributed by atoms with Crippen LogP contribution in [-0.2, 0) is 0 Å². The molecule has 0 spiro atoms. The zero-order valence-corrected chi connectivity index (χ0v) is 12.3. The van der Waals surface area contributed by atoms with Gasteiger partial charge in [-0.05, 0) is 61.7 Å². The molecule has 4 aliphatic carbocycles. The van der Waals surface area contributed by atoms with Crippen molar-refractivity contribution in [2.24, 2.45) is 29.1 Å². The molecule has 2 N–H and O–H groups in total. The van der Waals surface area contributed by atoms with E-state index in [2.05, 4.69) is 19.1 Å². The zero-order valence-electron chi connectivity index (χ0n) is 12.3. The first kappa shape index (κ1) is 13.1. The second-order valence-electron chi connectivity index (χ2n) is 7.75. The molecule has 0 saturated heterocycles. The molecule has 3 fully saturated rings. The summed E-state index contributed by atoms with van der Waals surface area (Å²) in [6, 6.07) is 0. The minimum absolute atomic E-state index is 0.0749. The van der Waals surface area contributed by atoms with E-state index in [0.29, 0.717) is 5.92 Å². The van der Waals surface area contributed by atoms with Gasteiger partial charge in [0, 0.05) is 5.92 Å². The third-order valence-electron chi connectivity index (χ3n) is 7.00. The average Bonchev–Trinajstić information content (AvgIpc) is 2.74. The van der Waals surface area contributed by atoms with Crippen molar-refractivity contribution in [3.63, 3.8) is 0 Å². The minimum Gasteiger partial charge on any atom is -0.393 e. The van der Waals surface area contributed by atoms with Crippen molar-refractivity contribution in [1.29, 1.82) is 0 Å². The lowest BCUT2D eigenvalue weighted by molar-refractivity contribution is -0.0474. The highest BCUT2D eigenvalue weighted by Gasteiger charge is 2.55. The van der Waals surface area contributed by atoms with Gasteiger partial charge in [-0.15, -0.1) is 0 Å². The third kappa shape index (κ3) is 1.70. The molecular weight excluding hydrogens is 248 g/mol. The van der Waals surface area contributed by atoms with Crippen LogP contribution in [-0.4, -0.2) is 22.4 Å². The van der Waals surface area contributed by atoms with Crippen LogP contribution in [0, 0.1) is 29.1 Å². The summed E-state index contributed by atoms with van der Waals surface area (Å²) in [6.07, 6.45) is 12.9. The van der Waals surface area contributed by atoms with E-state index >= 15 is 0 Å². The van der Waals surface area contributed by atoms with Crippen LogP contribution in [0.2, 0.25) is 0 Å². The Morgan fingerprint density at radius 2 is 1.90 bits per heavy atom. The molecule has 110 valence electrons. The predicted molar refractivity (Wildman–Crippen MR) is 79.0 cm³/mol. The highest BCUT2D eigenvalue weighted by atomic mass is 16.3. The summed E-state index contributed by atoms with van der Waals surface area (Å²) in [6.45, 7) is 2.33. The van der Waals surface area contributed by atoms with Crippen LogP contribution in [0.25, 0.3) is 0 Å². The number of rotatable bonds is 0. The van der Waals surface area contributed by atoms with E-state index in [1.165, 1.54) is 31.3 Å². The second kappa shape index (κ2) is 4.45. The van der Waals surface area contributed by atoms with Crippen molar-refractivity contribution in [2.45, 2.75) is 57.7 Å². The summed E-state index contributed by atoms with van der Waals surface area (Å²) in [4.78, 5) is 0. The SMILES string of the molecule is C[C@]12CCC3C4C=C[C@H](O)C=C4CCC3C1CC[C@@H]2O. The highest BCUT2D eigenvalue weighted by molar-refractivity contribution is 5.28. The Morgan fingerprint density at radius 1 is 1.05 bits per heavy atom. The lowest BCUT2D eigenvalue weighted by atomic mass is 9.53. The molecule has 2 nitrogen and oxygen atoms in total. The largest absolute Gasteiger partial charge is 0.393 e. The molecule has 0 radical (unpaired) electrons. The maximum atomic E-state index is 10.4. The zero-order chi connectivity index (χ0) is 13.9. The molecule has 4 unspecified atom stereocenters. The third-order valence-corrected chi connectivity index (χ3v) is 7.00. The Balaban J connectivity index is 1.63. The average molecular weight is 274 g/mol. The van der Waals surface area contributed by atoms with Crippen LogP contribution in [0.5, 0.6) is 0 Å². The van der Waals surface area contributed by atoms with Gasteiger partial charge in [-0.1, -0.05) is 30.7 Å². The summed E-state index contributed by atoms with van der Waals surface area (Å²) >= 11 is 0. The molecule has 0 aliphatic heterocycles. The topological polar surface area (TPSA) is 40.5 Å². The van der Waals surface area contributed by atoms with Gasteiger partial charge in [-0.3, -0.25) is 0 Å². The van der Waals surface area contributed by atoms with Crippen molar-refractivity contribution in [2.75, 3.05) is 0 Å². The molecule has 4 rings (SSSR count). The van der Waals surface area contributed by atoms with Gasteiger partial charge in [0.15, 0.2) is 0 Å². The molecule has 3 saturated carbocycles. The molecule has 2 heteroatoms. The number of aliphatic hydroxyl groups excluding tert-OH is 2. The van der Waals surface area contributed by atoms with Crippen molar-refractivity contribution in [3.05, 3.63) is 23.8 Å². The summed E-state index contributed by atoms with van der Waals surface area (Å²) in [5.74, 6) is 2.83. The van der Waals surface area contributed by atoms with Gasteiger partial charge in [0.25, 0.3) is 0 Å². The fourth-order valence-electron chi connectivity index (χ4n) is 5.89. The van der Waals surface area contributed by atoms with Gasteiger partial charge in [0.05, 0.1) is 12.2 Å². The summed E-state index contributed by atoms with van der Waals surface area (Å²) in [5.41, 5.74) is 1.66. The van der Waals surface area contributed by atoms with Crippen molar-refractivity contribution < 1.29 is 10.2 Å². The Morgan fingerprint density at radius 3 is 2.75 bits per heavy atom. The van der Waals surface area contributed by atoms with Crippen molar-refractivity contribution in [1.82, 2.24) is 0 Å². The molecular formula is C18H26O2. The minimum atomic E-state index is -0.361. The Hall–Kier alpha value is -0.600. The second-order valence-corrected chi connectivity index (χ2v) is 7.75. The smallest absolute Gasteiger partial charge is 0.0905 e. The maximum Gasteiger partial charge on any atom is 0.0905 e. The number of hydrogen-bond acceptors (Lipinski definition) is 2. The number of allylic oxidation sites excluding steroid dienone is 2. The van der Waals surface area contributed by atoms with Crippen molar-refractivity contribution >= 4 is 0 Å². The molecule has 4 aliphatic rings. The first-order valence-electron chi connectivity index (χ1n) is 8.34. The van der Waals surface area contributed by atoms with Gasteiger partial charge >= 0.3 is 0 Å². The standard InChI is InChI=1S/C18H26O2/c1-18-9-8-14-13-5-3-12(19)10-11(13)2-4-15(14)16(18)6-7-17(18)20/h3,5,10,12-17,19-20H,2,4,6-9H2,1H3/t12-,13?,14?,15?,16?,17-,18-/m0/s1. The molecule has 0 amide bonds. The number of aliphatic hydroxyl groups is 2. The van der Waals surface area contributed by atoms with Gasteiger partial charge in [-0.2, -0.15) is 0 Å². The fourth-order valence-corrected chi connectivity index (χ4v) is 5.89. The van der Waals surface area contributed by atoms with Crippen LogP contribution in [0.1, 0.15) is 45.4 Å². The van der Waals surface area contributed by atoms with E-state index in [9.17, 15) is 10.2 Å². The number of hydrogen-bond donors (Lipinski definition) is 2. The van der Waals surface area contributed by atoms with Crippen LogP contribution in [0.3, 0.4) is 0 Å². The summed E-state index contributed by atoms with van der Waals surface area (Å²) < 4.78 is 0. The maximum absolute atomic E-state index is 10.4. The highest BCUT2D eigenvalue weighted by Crippen LogP contribution is 2.61. The van der Waals surface area contributed by atoms with E-state index in [4.69, 9.17) is 0 Å². The molecule has 0 aromatic heterocycles. The first-order valence-corrected chi connectivity index (χ1v) is 8.34. The molecule has 0 aromatic rings. The number of fused-ring (bicyclic) bond motifs is 5. The molecule has 0 bridgehead atoms. The van der Waals surface area contributed by atoms with Crippen molar-refractivity contribution in [3.8, 4) is 0 Å². The fraction of sp³-hybridized carbons (Fsp3) is 0.778. The van der Waals surface area contributed by atoms with E-state index in [1.54, 1.807) is 0 Å². The molecule has 20 heavy (non-hydrogen) atoms.